The van der Waals surface area contributed by atoms with E-state index in [1.54, 1.807) is 0 Å². The van der Waals surface area contributed by atoms with Gasteiger partial charge in [-0.2, -0.15) is 0 Å². The van der Waals surface area contributed by atoms with E-state index >= 15 is 0 Å². The van der Waals surface area contributed by atoms with E-state index in [4.69, 9.17) is 23.7 Å². The molecule has 3 rings (SSSR count). The Morgan fingerprint density at radius 1 is 0.583 bits per heavy atom. The van der Waals surface area contributed by atoms with E-state index < -0.39 is 111 Å². The maximum atomic E-state index is 11.5. The van der Waals surface area contributed by atoms with Crippen molar-refractivity contribution in [3.63, 3.8) is 0 Å². The molecule has 0 aromatic heterocycles. The summed E-state index contributed by atoms with van der Waals surface area (Å²) in [5.74, 6) is -3.54. The molecule has 0 aromatic rings. The van der Waals surface area contributed by atoms with Gasteiger partial charge in [-0.15, -0.1) is 0 Å². The van der Waals surface area contributed by atoms with Gasteiger partial charge in [-0.3, -0.25) is 0 Å². The molecule has 0 aliphatic carbocycles. The van der Waals surface area contributed by atoms with Gasteiger partial charge in [0.05, 0.1) is 6.61 Å². The summed E-state index contributed by atoms with van der Waals surface area (Å²) in [7, 11) is 0. The Morgan fingerprint density at radius 3 is 1.58 bits per heavy atom. The molecule has 208 valence electrons. The summed E-state index contributed by atoms with van der Waals surface area (Å²) in [6.45, 7) is -0.861. The number of aliphatic hydroxyl groups excluding tert-OH is 9. The highest BCUT2D eigenvalue weighted by Gasteiger charge is 2.55. The number of hydrogen-bond donors (Lipinski definition) is 11. The molecule has 3 saturated heterocycles. The van der Waals surface area contributed by atoms with Gasteiger partial charge in [-0.1, -0.05) is 0 Å². The molecule has 18 nitrogen and oxygen atoms in total. The summed E-state index contributed by atoms with van der Waals surface area (Å²) < 4.78 is 25.6. The monoisotopic (exact) mass is 532 g/mol. The Balaban J connectivity index is 1.88. The van der Waals surface area contributed by atoms with E-state index in [-0.39, 0.29) is 0 Å². The van der Waals surface area contributed by atoms with Gasteiger partial charge >= 0.3 is 11.9 Å². The zero-order valence-corrected chi connectivity index (χ0v) is 18.1. The van der Waals surface area contributed by atoms with E-state index in [1.807, 2.05) is 0 Å². The molecule has 0 bridgehead atoms. The minimum atomic E-state index is -2.27. The zero-order valence-electron chi connectivity index (χ0n) is 18.1. The molecule has 0 radical (unpaired) electrons. The summed E-state index contributed by atoms with van der Waals surface area (Å²) in [6.07, 6.45) is -30.4. The third-order valence-corrected chi connectivity index (χ3v) is 6.03. The first kappa shape index (κ1) is 28.9. The van der Waals surface area contributed by atoms with Crippen LogP contribution in [0.3, 0.4) is 0 Å². The van der Waals surface area contributed by atoms with Crippen LogP contribution in [0.2, 0.25) is 0 Å². The van der Waals surface area contributed by atoms with Crippen LogP contribution in [-0.4, -0.2) is 167 Å². The van der Waals surface area contributed by atoms with Crippen molar-refractivity contribution in [3.8, 4) is 0 Å². The number of aliphatic carboxylic acids is 2. The second kappa shape index (κ2) is 11.4. The van der Waals surface area contributed by atoms with Gasteiger partial charge in [-0.05, 0) is 0 Å². The molecule has 3 fully saturated rings. The number of carbonyl (C=O) groups is 2. The molecule has 0 spiro atoms. The maximum absolute atomic E-state index is 11.5. The number of carboxylic acid groups (broad SMARTS) is 2. The van der Waals surface area contributed by atoms with Crippen molar-refractivity contribution in [2.45, 2.75) is 92.1 Å². The van der Waals surface area contributed by atoms with Gasteiger partial charge in [0.25, 0.3) is 0 Å². The van der Waals surface area contributed by atoms with Crippen LogP contribution in [0.1, 0.15) is 0 Å². The van der Waals surface area contributed by atoms with Crippen LogP contribution < -0.4 is 0 Å². The van der Waals surface area contributed by atoms with Crippen molar-refractivity contribution in [2.24, 2.45) is 0 Å². The minimum Gasteiger partial charge on any atom is -0.479 e. The normalized spacial score (nSPS) is 50.0. The molecule has 3 aliphatic heterocycles. The number of ether oxygens (including phenoxy) is 5. The van der Waals surface area contributed by atoms with Crippen molar-refractivity contribution in [3.05, 3.63) is 0 Å². The fraction of sp³-hybridized carbons (Fsp3) is 0.889. The largest absolute Gasteiger partial charge is 0.479 e. The van der Waals surface area contributed by atoms with Crippen LogP contribution in [-0.2, 0) is 33.3 Å². The van der Waals surface area contributed by atoms with Crippen LogP contribution in [0.5, 0.6) is 0 Å². The lowest BCUT2D eigenvalue weighted by atomic mass is 9.96. The molecule has 15 atom stereocenters. The number of aliphatic hydroxyl groups is 9. The van der Waals surface area contributed by atoms with Crippen LogP contribution in [0.4, 0.5) is 0 Å². The lowest BCUT2D eigenvalue weighted by Crippen LogP contribution is -2.67. The topological polar surface area (TPSA) is 303 Å². The minimum absolute atomic E-state index is 0.861. The van der Waals surface area contributed by atoms with E-state index in [0.29, 0.717) is 0 Å². The van der Waals surface area contributed by atoms with Crippen molar-refractivity contribution in [1.29, 1.82) is 0 Å². The first-order valence-electron chi connectivity index (χ1n) is 10.6. The highest BCUT2D eigenvalue weighted by Crippen LogP contribution is 2.32. The third kappa shape index (κ3) is 5.47. The van der Waals surface area contributed by atoms with Gasteiger partial charge < -0.3 is 79.9 Å². The molecule has 36 heavy (non-hydrogen) atoms. The van der Waals surface area contributed by atoms with E-state index in [0.717, 1.165) is 0 Å². The van der Waals surface area contributed by atoms with Crippen molar-refractivity contribution < 1.29 is 89.4 Å². The number of carboxylic acids is 2. The zero-order chi connectivity index (χ0) is 27.1. The Labute approximate surface area is 201 Å². The van der Waals surface area contributed by atoms with Crippen molar-refractivity contribution in [2.75, 3.05) is 6.61 Å². The summed E-state index contributed by atoms with van der Waals surface area (Å²) in [5.41, 5.74) is 0. The quantitative estimate of drug-likeness (QED) is 0.145. The van der Waals surface area contributed by atoms with Crippen molar-refractivity contribution >= 4 is 11.9 Å². The molecule has 11 N–H and O–H groups in total. The summed E-state index contributed by atoms with van der Waals surface area (Å²) >= 11 is 0. The first-order valence-corrected chi connectivity index (χ1v) is 10.6. The smallest absolute Gasteiger partial charge is 0.335 e. The summed E-state index contributed by atoms with van der Waals surface area (Å²) in [6, 6.07) is 0. The van der Waals surface area contributed by atoms with Gasteiger partial charge in [-0.25, -0.2) is 9.59 Å². The average Bonchev–Trinajstić information content (AvgIpc) is 2.82. The highest BCUT2D eigenvalue weighted by atomic mass is 16.8. The molecule has 3 aliphatic rings. The fourth-order valence-corrected chi connectivity index (χ4v) is 4.00. The van der Waals surface area contributed by atoms with Gasteiger partial charge in [0.1, 0.15) is 61.0 Å². The first-order chi connectivity index (χ1) is 16.8. The molecule has 2 unspecified atom stereocenters. The molecule has 0 saturated carbocycles. The Hall–Kier alpha value is -1.62. The summed E-state index contributed by atoms with van der Waals surface area (Å²) in [4.78, 5) is 22.8. The lowest BCUT2D eigenvalue weighted by molar-refractivity contribution is -0.382. The molecule has 18 heteroatoms. The van der Waals surface area contributed by atoms with E-state index in [2.05, 4.69) is 0 Å². The third-order valence-electron chi connectivity index (χ3n) is 6.03. The standard InChI is InChI=1S/C18H28O18/c19-1-2-3(20)4(21)7(24)17(32-2)34-10-9(26)12(15(29)30)33-16(31)13(10)36-18-8(25)5(22)6(23)11(35-18)14(27)28/h2-13,16-26,31H,1H2,(H,27,28)(H,29,30)/t2-,3-,4+,5+,6+,7-,8-,9+,10+,11+,12+,13-,16-,17?,18?/m1/s1. The van der Waals surface area contributed by atoms with Gasteiger partial charge in [0, 0.05) is 0 Å². The lowest BCUT2D eigenvalue weighted by Gasteiger charge is -2.47. The average molecular weight is 532 g/mol. The Morgan fingerprint density at radius 2 is 1.06 bits per heavy atom. The van der Waals surface area contributed by atoms with Gasteiger partial charge in [0.2, 0.25) is 0 Å². The Bertz CT molecular complexity index is 779. The molecular formula is C18H28O18. The highest BCUT2D eigenvalue weighted by molar-refractivity contribution is 5.73. The summed E-state index contributed by atoms with van der Waals surface area (Å²) in [5, 5.41) is 109. The maximum Gasteiger partial charge on any atom is 0.335 e. The van der Waals surface area contributed by atoms with Crippen LogP contribution >= 0.6 is 0 Å². The molecule has 0 aromatic carbocycles. The van der Waals surface area contributed by atoms with Gasteiger partial charge in [0.15, 0.2) is 31.1 Å². The fourth-order valence-electron chi connectivity index (χ4n) is 4.00. The predicted molar refractivity (Wildman–Crippen MR) is 102 cm³/mol. The second-order valence-electron chi connectivity index (χ2n) is 8.41. The van der Waals surface area contributed by atoms with E-state index in [1.165, 1.54) is 0 Å². The van der Waals surface area contributed by atoms with Crippen LogP contribution in [0.15, 0.2) is 0 Å². The Kier molecular flexibility index (Phi) is 9.17. The SMILES string of the molecule is O=C(O)[C@H]1OC(O[C@@H]2[C@@H](OC3O[C@H](CO)[C@@H](O)[C@H](O)[C@H]3O)[C@H](O)[C@@H](C(=O)O)O[C@H]2O)[C@H](O)[C@@H](O)[C@@H]1O. The van der Waals surface area contributed by atoms with Crippen LogP contribution in [0.25, 0.3) is 0 Å². The second-order valence-corrected chi connectivity index (χ2v) is 8.41. The number of hydrogen-bond acceptors (Lipinski definition) is 16. The van der Waals surface area contributed by atoms with E-state index in [9.17, 15) is 65.8 Å². The van der Waals surface area contributed by atoms with Crippen LogP contribution in [0, 0.1) is 0 Å². The molecule has 0 amide bonds. The molecular weight excluding hydrogens is 504 g/mol. The predicted octanol–water partition coefficient (Wildman–Crippen LogP) is -7.39. The van der Waals surface area contributed by atoms with Crippen molar-refractivity contribution in [1.82, 2.24) is 0 Å². The molecule has 3 heterocycles. The number of rotatable bonds is 7.